The first-order chi connectivity index (χ1) is 18.7. The molecule has 2 aromatic carbocycles. The predicted molar refractivity (Wildman–Crippen MR) is 137 cm³/mol. The molecule has 2 aliphatic heterocycles. The number of aromatic nitrogens is 1. The Morgan fingerprint density at radius 1 is 0.900 bits per heavy atom. The second-order valence-electron chi connectivity index (χ2n) is 10.4. The van der Waals surface area contributed by atoms with E-state index in [4.69, 9.17) is 0 Å². The van der Waals surface area contributed by atoms with Crippen LogP contribution in [0.25, 0.3) is 10.1 Å². The lowest BCUT2D eigenvalue weighted by molar-refractivity contribution is -0.383. The van der Waals surface area contributed by atoms with Crippen molar-refractivity contribution in [1.29, 1.82) is 0 Å². The topological polar surface area (TPSA) is 79.6 Å². The maximum Gasteiger partial charge on any atom is 0.416 e. The third kappa shape index (κ3) is 5.78. The van der Waals surface area contributed by atoms with E-state index in [2.05, 4.69) is 9.88 Å². The van der Waals surface area contributed by atoms with E-state index >= 15 is 0 Å². The summed E-state index contributed by atoms with van der Waals surface area (Å²) in [5, 5.41) is 11.4. The molecular weight excluding hydrogens is 562 g/mol. The van der Waals surface area contributed by atoms with Gasteiger partial charge < -0.3 is 4.90 Å². The molecule has 0 bridgehead atoms. The monoisotopic (exact) mass is 586 g/mol. The van der Waals surface area contributed by atoms with E-state index in [0.717, 1.165) is 67.8 Å². The smallest absolute Gasteiger partial charge is 0.348 e. The van der Waals surface area contributed by atoms with Crippen LogP contribution in [0.2, 0.25) is 0 Å². The third-order valence-corrected chi connectivity index (χ3v) is 9.08. The summed E-state index contributed by atoms with van der Waals surface area (Å²) >= 11 is 0.848. The first-order valence-corrected chi connectivity index (χ1v) is 13.4. The standard InChI is InChI=1S/C26H24F6N4O3S/c27-25(28,29)17-3-1-16(2-4-17)15-34-9-5-24(6-10-34)7-11-35(12-8-24)23-33-22(37)19-13-18(26(30,31)32)14-20(36(38)39)21(19)40-23/h1-4,13-14H,5-12,15H2. The van der Waals surface area contributed by atoms with Crippen molar-refractivity contribution >= 4 is 32.2 Å². The van der Waals surface area contributed by atoms with Gasteiger partial charge in [-0.1, -0.05) is 23.5 Å². The number of alkyl halides is 6. The molecule has 3 heterocycles. The van der Waals surface area contributed by atoms with E-state index in [0.29, 0.717) is 31.8 Å². The molecule has 3 aromatic rings. The Balaban J connectivity index is 1.25. The van der Waals surface area contributed by atoms with Gasteiger partial charge in [-0.15, -0.1) is 0 Å². The van der Waals surface area contributed by atoms with Gasteiger partial charge in [-0.3, -0.25) is 19.8 Å². The van der Waals surface area contributed by atoms with Crippen LogP contribution in [0.4, 0.5) is 37.2 Å². The lowest BCUT2D eigenvalue weighted by Gasteiger charge is -2.47. The van der Waals surface area contributed by atoms with Crippen molar-refractivity contribution in [3.8, 4) is 0 Å². The number of hydrogen-bond donors (Lipinski definition) is 0. The molecule has 5 rings (SSSR count). The van der Waals surface area contributed by atoms with Gasteiger partial charge in [-0.2, -0.15) is 31.3 Å². The number of likely N-dealkylation sites (tertiary alicyclic amines) is 1. The third-order valence-electron chi connectivity index (χ3n) is 7.91. The fourth-order valence-corrected chi connectivity index (χ4v) is 6.61. The Kier molecular flexibility index (Phi) is 7.27. The number of halogens is 6. The van der Waals surface area contributed by atoms with Crippen molar-refractivity contribution in [3.63, 3.8) is 0 Å². The van der Waals surface area contributed by atoms with E-state index in [9.17, 15) is 41.3 Å². The summed E-state index contributed by atoms with van der Waals surface area (Å²) in [5.41, 5.74) is -2.78. The van der Waals surface area contributed by atoms with Gasteiger partial charge in [0.15, 0.2) is 5.13 Å². The molecule has 0 radical (unpaired) electrons. The van der Waals surface area contributed by atoms with E-state index in [-0.39, 0.29) is 15.2 Å². The Morgan fingerprint density at radius 3 is 2.02 bits per heavy atom. The quantitative estimate of drug-likeness (QED) is 0.198. The molecule has 14 heteroatoms. The fourth-order valence-electron chi connectivity index (χ4n) is 5.49. The molecule has 0 aliphatic carbocycles. The molecule has 7 nitrogen and oxygen atoms in total. The number of nitro groups is 1. The van der Waals surface area contributed by atoms with Crippen LogP contribution in [0, 0.1) is 15.5 Å². The van der Waals surface area contributed by atoms with Gasteiger partial charge in [0.05, 0.1) is 21.4 Å². The van der Waals surface area contributed by atoms with Crippen molar-refractivity contribution in [1.82, 2.24) is 9.88 Å². The summed E-state index contributed by atoms with van der Waals surface area (Å²) in [4.78, 5) is 31.3. The van der Waals surface area contributed by atoms with Crippen LogP contribution < -0.4 is 10.5 Å². The summed E-state index contributed by atoms with van der Waals surface area (Å²) in [5.74, 6) is 0. The molecule has 0 unspecified atom stereocenters. The number of anilines is 1. The normalized spacial score (nSPS) is 18.4. The van der Waals surface area contributed by atoms with E-state index in [1.165, 1.54) is 12.1 Å². The highest BCUT2D eigenvalue weighted by atomic mass is 32.1. The molecule has 1 aromatic heterocycles. The number of nitrogens with zero attached hydrogens (tertiary/aromatic N) is 4. The number of fused-ring (bicyclic) bond motifs is 1. The van der Waals surface area contributed by atoms with Crippen LogP contribution in [0.15, 0.2) is 41.2 Å². The minimum Gasteiger partial charge on any atom is -0.348 e. The van der Waals surface area contributed by atoms with Crippen molar-refractivity contribution in [2.75, 3.05) is 31.1 Å². The zero-order valence-corrected chi connectivity index (χ0v) is 21.8. The summed E-state index contributed by atoms with van der Waals surface area (Å²) in [6.45, 7) is 3.22. The average Bonchev–Trinajstić information content (AvgIpc) is 2.89. The van der Waals surface area contributed by atoms with Gasteiger partial charge in [0.2, 0.25) is 0 Å². The van der Waals surface area contributed by atoms with Crippen LogP contribution in [-0.2, 0) is 18.9 Å². The van der Waals surface area contributed by atoms with Crippen LogP contribution in [0.5, 0.6) is 0 Å². The number of piperidine rings is 2. The number of hydrogen-bond acceptors (Lipinski definition) is 7. The first kappa shape index (κ1) is 28.3. The maximum atomic E-state index is 13.2. The Bertz CT molecular complexity index is 1470. The van der Waals surface area contributed by atoms with Gasteiger partial charge >= 0.3 is 12.4 Å². The zero-order chi connectivity index (χ0) is 28.9. The molecule has 2 fully saturated rings. The second-order valence-corrected chi connectivity index (χ2v) is 11.4. The molecule has 214 valence electrons. The second kappa shape index (κ2) is 10.3. The highest BCUT2D eigenvalue weighted by Gasteiger charge is 2.39. The molecule has 1 spiro atoms. The van der Waals surface area contributed by atoms with Crippen LogP contribution >= 0.6 is 11.3 Å². The summed E-state index contributed by atoms with van der Waals surface area (Å²) < 4.78 is 78.0. The molecule has 2 aliphatic rings. The molecule has 0 N–H and O–H groups in total. The highest BCUT2D eigenvalue weighted by molar-refractivity contribution is 7.22. The zero-order valence-electron chi connectivity index (χ0n) is 21.0. The Labute approximate surface area is 228 Å². The predicted octanol–water partition coefficient (Wildman–Crippen LogP) is 6.48. The van der Waals surface area contributed by atoms with Crippen LogP contribution in [0.1, 0.15) is 42.4 Å². The molecule has 40 heavy (non-hydrogen) atoms. The minimum atomic E-state index is -4.84. The van der Waals surface area contributed by atoms with E-state index in [1.54, 1.807) is 0 Å². The molecular formula is C26H24F6N4O3S. The van der Waals surface area contributed by atoms with Gasteiger partial charge in [-0.05, 0) is 68.0 Å². The number of non-ortho nitro benzene ring substituents is 1. The fraction of sp³-hybridized carbons (Fsp3) is 0.462. The highest BCUT2D eigenvalue weighted by Crippen LogP contribution is 2.44. The maximum absolute atomic E-state index is 13.2. The summed E-state index contributed by atoms with van der Waals surface area (Å²) in [7, 11) is 0. The Morgan fingerprint density at radius 2 is 1.48 bits per heavy atom. The molecule has 0 amide bonds. The van der Waals surface area contributed by atoms with Gasteiger partial charge in [0.1, 0.15) is 4.70 Å². The van der Waals surface area contributed by atoms with Gasteiger partial charge in [0.25, 0.3) is 11.2 Å². The molecule has 0 saturated carbocycles. The SMILES string of the molecule is O=c1nc(N2CCC3(CCN(Cc4ccc(C(F)(F)F)cc4)CC3)CC2)sc2c([N+](=O)[O-])cc(C(F)(F)F)cc12. The number of nitro benzene ring substituents is 1. The van der Waals surface area contributed by atoms with Crippen molar-refractivity contribution in [2.24, 2.45) is 5.41 Å². The van der Waals surface area contributed by atoms with Crippen molar-refractivity contribution < 1.29 is 31.3 Å². The van der Waals surface area contributed by atoms with Gasteiger partial charge in [0, 0.05) is 25.7 Å². The lowest BCUT2D eigenvalue weighted by Crippen LogP contribution is -2.46. The van der Waals surface area contributed by atoms with Crippen LogP contribution in [0.3, 0.4) is 0 Å². The summed E-state index contributed by atoms with van der Waals surface area (Å²) in [6.07, 6.45) is -5.84. The average molecular weight is 587 g/mol. The molecule has 0 atom stereocenters. The van der Waals surface area contributed by atoms with Crippen molar-refractivity contribution in [2.45, 2.75) is 44.6 Å². The largest absolute Gasteiger partial charge is 0.416 e. The number of rotatable bonds is 4. The van der Waals surface area contributed by atoms with E-state index in [1.807, 2.05) is 4.90 Å². The summed E-state index contributed by atoms with van der Waals surface area (Å²) in [6, 6.07) is 6.25. The van der Waals surface area contributed by atoms with Crippen LogP contribution in [-0.4, -0.2) is 41.0 Å². The minimum absolute atomic E-state index is 0.0581. The first-order valence-electron chi connectivity index (χ1n) is 12.6. The van der Waals surface area contributed by atoms with Gasteiger partial charge in [-0.25, -0.2) is 0 Å². The van der Waals surface area contributed by atoms with Crippen molar-refractivity contribution in [3.05, 3.63) is 73.6 Å². The molecule has 2 saturated heterocycles. The van der Waals surface area contributed by atoms with E-state index < -0.39 is 45.0 Å². The number of benzene rings is 2. The lowest BCUT2D eigenvalue weighted by atomic mass is 9.71. The Hall–Kier alpha value is -3.26.